The smallest absolute Gasteiger partial charge is 0.224 e. The SMILES string of the molecule is COc1ccc(NC(=O)CCCCCNCCc2c[nH]c3ccc(O)cc23)cc1. The van der Waals surface area contributed by atoms with Gasteiger partial charge in [-0.15, -0.1) is 0 Å². The predicted molar refractivity (Wildman–Crippen MR) is 117 cm³/mol. The van der Waals surface area contributed by atoms with Crippen molar-refractivity contribution in [2.75, 3.05) is 25.5 Å². The lowest BCUT2D eigenvalue weighted by atomic mass is 10.1. The number of carbonyl (C=O) groups excluding carboxylic acids is 1. The average Bonchev–Trinajstić information content (AvgIpc) is 3.12. The quantitative estimate of drug-likeness (QED) is 0.366. The zero-order valence-electron chi connectivity index (χ0n) is 16.8. The summed E-state index contributed by atoms with van der Waals surface area (Å²) in [5.74, 6) is 1.12. The number of amides is 1. The molecule has 0 aliphatic carbocycles. The molecule has 29 heavy (non-hydrogen) atoms. The summed E-state index contributed by atoms with van der Waals surface area (Å²) in [5.41, 5.74) is 3.05. The molecule has 0 spiro atoms. The number of hydrogen-bond acceptors (Lipinski definition) is 4. The summed E-state index contributed by atoms with van der Waals surface area (Å²) in [5, 5.41) is 17.1. The molecule has 2 aromatic carbocycles. The minimum atomic E-state index is 0.0470. The molecule has 0 unspecified atom stereocenters. The number of phenols is 1. The zero-order chi connectivity index (χ0) is 20.5. The maximum absolute atomic E-state index is 12.0. The number of rotatable bonds is 11. The number of methoxy groups -OCH3 is 1. The van der Waals surface area contributed by atoms with Gasteiger partial charge in [-0.05, 0) is 80.4 Å². The number of carbonyl (C=O) groups is 1. The number of nitrogens with one attached hydrogen (secondary N) is 3. The second kappa shape index (κ2) is 10.5. The van der Waals surface area contributed by atoms with Crippen LogP contribution in [0.3, 0.4) is 0 Å². The Morgan fingerprint density at radius 2 is 1.90 bits per heavy atom. The van der Waals surface area contributed by atoms with Gasteiger partial charge in [-0.3, -0.25) is 4.79 Å². The molecule has 6 nitrogen and oxygen atoms in total. The van der Waals surface area contributed by atoms with Crippen molar-refractivity contribution in [3.8, 4) is 11.5 Å². The molecule has 0 bridgehead atoms. The van der Waals surface area contributed by atoms with Gasteiger partial charge < -0.3 is 25.5 Å². The number of aromatic amines is 1. The summed E-state index contributed by atoms with van der Waals surface area (Å²) in [4.78, 5) is 15.2. The second-order valence-corrected chi connectivity index (χ2v) is 7.13. The lowest BCUT2D eigenvalue weighted by molar-refractivity contribution is -0.116. The van der Waals surface area contributed by atoms with Crippen LogP contribution in [-0.4, -0.2) is 36.2 Å². The third kappa shape index (κ3) is 6.26. The third-order valence-corrected chi connectivity index (χ3v) is 4.95. The van der Waals surface area contributed by atoms with Crippen LogP contribution in [0.1, 0.15) is 31.2 Å². The Bertz CT molecular complexity index is 919. The van der Waals surface area contributed by atoms with Crippen molar-refractivity contribution >= 4 is 22.5 Å². The van der Waals surface area contributed by atoms with Crippen molar-refractivity contribution in [3.05, 3.63) is 54.2 Å². The van der Waals surface area contributed by atoms with E-state index in [4.69, 9.17) is 4.74 Å². The summed E-state index contributed by atoms with van der Waals surface area (Å²) in [6.07, 6.45) is 6.39. The number of anilines is 1. The Labute approximate surface area is 171 Å². The first kappa shape index (κ1) is 20.7. The molecule has 0 aliphatic heterocycles. The van der Waals surface area contributed by atoms with Crippen LogP contribution in [0.2, 0.25) is 0 Å². The Balaban J connectivity index is 1.25. The van der Waals surface area contributed by atoms with E-state index in [0.29, 0.717) is 12.2 Å². The highest BCUT2D eigenvalue weighted by Gasteiger charge is 2.05. The Morgan fingerprint density at radius 3 is 2.69 bits per heavy atom. The first-order valence-electron chi connectivity index (χ1n) is 10.1. The topological polar surface area (TPSA) is 86.4 Å². The van der Waals surface area contributed by atoms with E-state index >= 15 is 0 Å². The number of unbranched alkanes of at least 4 members (excludes halogenated alkanes) is 2. The van der Waals surface area contributed by atoms with Gasteiger partial charge in [-0.25, -0.2) is 0 Å². The number of ether oxygens (including phenoxy) is 1. The molecule has 1 aromatic heterocycles. The molecule has 3 aromatic rings. The van der Waals surface area contributed by atoms with Crippen LogP contribution in [0, 0.1) is 0 Å². The van der Waals surface area contributed by atoms with Gasteiger partial charge in [-0.2, -0.15) is 0 Å². The van der Waals surface area contributed by atoms with Gasteiger partial charge in [0.25, 0.3) is 0 Å². The molecule has 4 N–H and O–H groups in total. The average molecular weight is 396 g/mol. The molecule has 154 valence electrons. The van der Waals surface area contributed by atoms with E-state index in [2.05, 4.69) is 15.6 Å². The van der Waals surface area contributed by atoms with E-state index in [1.807, 2.05) is 36.5 Å². The first-order valence-corrected chi connectivity index (χ1v) is 10.1. The van der Waals surface area contributed by atoms with Crippen LogP contribution in [0.25, 0.3) is 10.9 Å². The highest BCUT2D eigenvalue weighted by Crippen LogP contribution is 2.23. The number of aromatic nitrogens is 1. The van der Waals surface area contributed by atoms with E-state index in [1.54, 1.807) is 19.2 Å². The van der Waals surface area contributed by atoms with E-state index in [0.717, 1.165) is 61.1 Å². The molecule has 1 amide bonds. The van der Waals surface area contributed by atoms with Crippen LogP contribution in [0.5, 0.6) is 11.5 Å². The molecule has 0 aliphatic rings. The summed E-state index contributed by atoms with van der Waals surface area (Å²) >= 11 is 0. The fourth-order valence-corrected chi connectivity index (χ4v) is 3.33. The summed E-state index contributed by atoms with van der Waals surface area (Å²) in [7, 11) is 1.62. The molecule has 0 saturated heterocycles. The lowest BCUT2D eigenvalue weighted by Gasteiger charge is -2.07. The Kier molecular flexibility index (Phi) is 7.53. The van der Waals surface area contributed by atoms with Gasteiger partial charge >= 0.3 is 0 Å². The van der Waals surface area contributed by atoms with Gasteiger partial charge in [0.1, 0.15) is 11.5 Å². The fraction of sp³-hybridized carbons (Fsp3) is 0.348. The predicted octanol–water partition coefficient (Wildman–Crippen LogP) is 4.21. The van der Waals surface area contributed by atoms with E-state index in [9.17, 15) is 9.90 Å². The number of aromatic hydroxyl groups is 1. The first-order chi connectivity index (χ1) is 14.2. The van der Waals surface area contributed by atoms with E-state index in [1.165, 1.54) is 5.56 Å². The molecule has 0 atom stereocenters. The van der Waals surface area contributed by atoms with Crippen LogP contribution < -0.4 is 15.4 Å². The maximum atomic E-state index is 12.0. The second-order valence-electron chi connectivity index (χ2n) is 7.13. The van der Waals surface area contributed by atoms with E-state index in [-0.39, 0.29) is 5.91 Å². The Hall–Kier alpha value is -2.99. The standard InChI is InChI=1S/C23H29N3O3/c1-29-20-9-6-18(7-10-20)26-23(28)5-3-2-4-13-24-14-12-17-16-25-22-11-8-19(27)15-21(17)22/h6-11,15-16,24-25,27H,2-5,12-14H2,1H3,(H,26,28). The lowest BCUT2D eigenvalue weighted by Crippen LogP contribution is -2.18. The van der Waals surface area contributed by atoms with Crippen LogP contribution in [-0.2, 0) is 11.2 Å². The van der Waals surface area contributed by atoms with Gasteiger partial charge in [-0.1, -0.05) is 6.42 Å². The van der Waals surface area contributed by atoms with Gasteiger partial charge in [0.2, 0.25) is 5.91 Å². The fourth-order valence-electron chi connectivity index (χ4n) is 3.33. The number of benzene rings is 2. The van der Waals surface area contributed by atoms with Crippen molar-refractivity contribution < 1.29 is 14.6 Å². The van der Waals surface area contributed by atoms with Gasteiger partial charge in [0.15, 0.2) is 0 Å². The number of hydrogen-bond donors (Lipinski definition) is 4. The number of phenolic OH excluding ortho intramolecular Hbond substituents is 1. The maximum Gasteiger partial charge on any atom is 0.224 e. The molecule has 1 heterocycles. The summed E-state index contributed by atoms with van der Waals surface area (Å²) < 4.78 is 5.11. The van der Waals surface area contributed by atoms with Crippen molar-refractivity contribution in [1.29, 1.82) is 0 Å². The minimum Gasteiger partial charge on any atom is -0.508 e. The van der Waals surface area contributed by atoms with Crippen molar-refractivity contribution in [2.45, 2.75) is 32.1 Å². The monoisotopic (exact) mass is 395 g/mol. The van der Waals surface area contributed by atoms with Crippen molar-refractivity contribution in [1.82, 2.24) is 10.3 Å². The highest BCUT2D eigenvalue weighted by atomic mass is 16.5. The molecule has 0 saturated carbocycles. The van der Waals surface area contributed by atoms with Crippen molar-refractivity contribution in [3.63, 3.8) is 0 Å². The molecule has 0 radical (unpaired) electrons. The van der Waals surface area contributed by atoms with E-state index < -0.39 is 0 Å². The number of fused-ring (bicyclic) bond motifs is 1. The molecular formula is C23H29N3O3. The number of H-pyrrole nitrogens is 1. The zero-order valence-corrected chi connectivity index (χ0v) is 16.8. The highest BCUT2D eigenvalue weighted by molar-refractivity contribution is 5.90. The van der Waals surface area contributed by atoms with Crippen molar-refractivity contribution in [2.24, 2.45) is 0 Å². The molecule has 6 heteroatoms. The van der Waals surface area contributed by atoms with Crippen LogP contribution in [0.15, 0.2) is 48.7 Å². The Morgan fingerprint density at radius 1 is 1.07 bits per heavy atom. The third-order valence-electron chi connectivity index (χ3n) is 4.95. The van der Waals surface area contributed by atoms with Crippen LogP contribution in [0.4, 0.5) is 5.69 Å². The summed E-state index contributed by atoms with van der Waals surface area (Å²) in [6.45, 7) is 1.83. The van der Waals surface area contributed by atoms with Gasteiger partial charge in [0, 0.05) is 29.2 Å². The summed E-state index contributed by atoms with van der Waals surface area (Å²) in [6, 6.07) is 12.7. The van der Waals surface area contributed by atoms with Crippen LogP contribution >= 0.6 is 0 Å². The molecular weight excluding hydrogens is 366 g/mol. The normalized spacial score (nSPS) is 10.9. The minimum absolute atomic E-state index is 0.0470. The largest absolute Gasteiger partial charge is 0.508 e. The molecule has 0 fully saturated rings. The molecule has 3 rings (SSSR count). The van der Waals surface area contributed by atoms with Gasteiger partial charge in [0.05, 0.1) is 7.11 Å².